The largest absolute Gasteiger partial charge is 0.489 e. The lowest BCUT2D eigenvalue weighted by Gasteiger charge is -2.09. The van der Waals surface area contributed by atoms with Crippen molar-refractivity contribution in [3.05, 3.63) is 64.6 Å². The molecule has 0 aliphatic heterocycles. The molecule has 0 atom stereocenters. The lowest BCUT2D eigenvalue weighted by atomic mass is 10.2. The molecule has 22 heavy (non-hydrogen) atoms. The van der Waals surface area contributed by atoms with E-state index in [2.05, 4.69) is 5.18 Å². The second-order valence-corrected chi connectivity index (χ2v) is 4.52. The fourth-order valence-corrected chi connectivity index (χ4v) is 1.84. The molecule has 2 aromatic carbocycles. The van der Waals surface area contributed by atoms with Crippen LogP contribution in [0.2, 0.25) is 0 Å². The van der Waals surface area contributed by atoms with Crippen molar-refractivity contribution in [3.8, 4) is 5.75 Å². The minimum Gasteiger partial charge on any atom is -0.489 e. The first-order valence-corrected chi connectivity index (χ1v) is 6.72. The minimum absolute atomic E-state index is 0.0411. The van der Waals surface area contributed by atoms with Gasteiger partial charge in [-0.25, -0.2) is 0 Å². The second-order valence-electron chi connectivity index (χ2n) is 4.52. The summed E-state index contributed by atoms with van der Waals surface area (Å²) in [5.41, 5.74) is 6.46. The third-order valence-corrected chi connectivity index (χ3v) is 2.94. The molecule has 0 unspecified atom stereocenters. The molecule has 0 aliphatic rings. The molecule has 0 heterocycles. The maximum absolute atomic E-state index is 11.0. The molecule has 0 aliphatic carbocycles. The van der Waals surface area contributed by atoms with E-state index >= 15 is 0 Å². The SMILES string of the molecule is NC(=O)c1ccc(OCCOCc2ccccc2)c(N=O)c1. The number of hydrogen-bond donors (Lipinski definition) is 1. The average Bonchev–Trinajstić information content (AvgIpc) is 2.55. The first-order chi connectivity index (χ1) is 10.7. The van der Waals surface area contributed by atoms with Gasteiger partial charge in [0.1, 0.15) is 12.4 Å². The number of hydrogen-bond acceptors (Lipinski definition) is 5. The predicted octanol–water partition coefficient (Wildman–Crippen LogP) is 2.78. The summed E-state index contributed by atoms with van der Waals surface area (Å²) in [5.74, 6) is -0.328. The normalized spacial score (nSPS) is 10.2. The number of rotatable bonds is 8. The molecule has 114 valence electrons. The monoisotopic (exact) mass is 300 g/mol. The van der Waals surface area contributed by atoms with Crippen molar-refractivity contribution in [3.63, 3.8) is 0 Å². The van der Waals surface area contributed by atoms with Crippen molar-refractivity contribution in [2.24, 2.45) is 10.9 Å². The van der Waals surface area contributed by atoms with Crippen molar-refractivity contribution >= 4 is 11.6 Å². The summed E-state index contributed by atoms with van der Waals surface area (Å²) in [6.07, 6.45) is 0. The molecule has 0 saturated carbocycles. The zero-order chi connectivity index (χ0) is 15.8. The summed E-state index contributed by atoms with van der Waals surface area (Å²) in [6, 6.07) is 14.0. The van der Waals surface area contributed by atoms with E-state index in [0.29, 0.717) is 19.0 Å². The summed E-state index contributed by atoms with van der Waals surface area (Å²) in [5, 5.41) is 2.84. The quantitative estimate of drug-likeness (QED) is 0.599. The standard InChI is InChI=1S/C16H16N2O4/c17-16(19)13-6-7-15(14(10-13)18-20)22-9-8-21-11-12-4-2-1-3-5-12/h1-7,10H,8-9,11H2,(H2,17,19). The van der Waals surface area contributed by atoms with Crippen LogP contribution in [0.1, 0.15) is 15.9 Å². The molecule has 0 radical (unpaired) electrons. The third kappa shape index (κ3) is 4.39. The number of primary amides is 1. The average molecular weight is 300 g/mol. The number of amides is 1. The van der Waals surface area contributed by atoms with Crippen molar-refractivity contribution in [2.75, 3.05) is 13.2 Å². The highest BCUT2D eigenvalue weighted by Crippen LogP contribution is 2.28. The number of carbonyl (C=O) groups excluding carboxylic acids is 1. The first kappa shape index (κ1) is 15.7. The number of nitrogens with zero attached hydrogens (tertiary/aromatic N) is 1. The Kier molecular flexibility index (Phi) is 5.62. The van der Waals surface area contributed by atoms with Gasteiger partial charge in [-0.05, 0) is 28.9 Å². The lowest BCUT2D eigenvalue weighted by molar-refractivity contribution is 0.0890. The van der Waals surface area contributed by atoms with Crippen LogP contribution >= 0.6 is 0 Å². The lowest BCUT2D eigenvalue weighted by Crippen LogP contribution is -2.11. The van der Waals surface area contributed by atoms with Gasteiger partial charge in [-0.1, -0.05) is 30.3 Å². The van der Waals surface area contributed by atoms with E-state index in [1.54, 1.807) is 0 Å². The summed E-state index contributed by atoms with van der Waals surface area (Å²) in [6.45, 7) is 1.12. The fraction of sp³-hybridized carbons (Fsp3) is 0.188. The second kappa shape index (κ2) is 7.90. The molecular formula is C16H16N2O4. The van der Waals surface area contributed by atoms with Crippen LogP contribution in [0.15, 0.2) is 53.7 Å². The number of benzene rings is 2. The van der Waals surface area contributed by atoms with Crippen molar-refractivity contribution in [1.82, 2.24) is 0 Å². The van der Waals surface area contributed by atoms with Gasteiger partial charge in [0.2, 0.25) is 5.91 Å². The van der Waals surface area contributed by atoms with Crippen LogP contribution in [0.3, 0.4) is 0 Å². The van der Waals surface area contributed by atoms with Gasteiger partial charge in [0.15, 0.2) is 5.69 Å². The maximum atomic E-state index is 11.0. The van der Waals surface area contributed by atoms with Gasteiger partial charge in [0.05, 0.1) is 13.2 Å². The van der Waals surface area contributed by atoms with Crippen molar-refractivity contribution in [1.29, 1.82) is 0 Å². The molecule has 0 bridgehead atoms. The zero-order valence-electron chi connectivity index (χ0n) is 11.9. The summed E-state index contributed by atoms with van der Waals surface area (Å²) in [7, 11) is 0. The van der Waals surface area contributed by atoms with E-state index in [9.17, 15) is 9.70 Å². The Hall–Kier alpha value is -2.73. The van der Waals surface area contributed by atoms with Crippen LogP contribution in [0, 0.1) is 4.91 Å². The van der Waals surface area contributed by atoms with Gasteiger partial charge in [-0.3, -0.25) is 4.79 Å². The third-order valence-electron chi connectivity index (χ3n) is 2.94. The van der Waals surface area contributed by atoms with E-state index in [1.807, 2.05) is 30.3 Å². The molecule has 2 rings (SSSR count). The molecule has 0 aromatic heterocycles. The van der Waals surface area contributed by atoms with Gasteiger partial charge in [-0.2, -0.15) is 0 Å². The van der Waals surface area contributed by atoms with E-state index < -0.39 is 5.91 Å². The van der Waals surface area contributed by atoms with E-state index in [0.717, 1.165) is 5.56 Å². The smallest absolute Gasteiger partial charge is 0.248 e. The highest BCUT2D eigenvalue weighted by Gasteiger charge is 2.08. The number of carbonyl (C=O) groups is 1. The topological polar surface area (TPSA) is 91.0 Å². The van der Waals surface area contributed by atoms with Crippen LogP contribution in [0.4, 0.5) is 5.69 Å². The van der Waals surface area contributed by atoms with Crippen molar-refractivity contribution in [2.45, 2.75) is 6.61 Å². The van der Waals surface area contributed by atoms with Crippen LogP contribution < -0.4 is 10.5 Å². The highest BCUT2D eigenvalue weighted by molar-refractivity contribution is 5.94. The van der Waals surface area contributed by atoms with Crippen LogP contribution in [0.5, 0.6) is 5.75 Å². The number of nitroso groups, excluding NO2 is 1. The van der Waals surface area contributed by atoms with Crippen LogP contribution in [-0.4, -0.2) is 19.1 Å². The Morgan fingerprint density at radius 3 is 2.55 bits per heavy atom. The van der Waals surface area contributed by atoms with E-state index in [1.165, 1.54) is 18.2 Å². The molecule has 0 fully saturated rings. The van der Waals surface area contributed by atoms with Crippen LogP contribution in [-0.2, 0) is 11.3 Å². The summed E-state index contributed by atoms with van der Waals surface area (Å²) < 4.78 is 10.9. The number of nitrogens with two attached hydrogens (primary N) is 1. The van der Waals surface area contributed by atoms with Gasteiger partial charge >= 0.3 is 0 Å². The predicted molar refractivity (Wildman–Crippen MR) is 82.0 cm³/mol. The molecule has 0 spiro atoms. The molecular weight excluding hydrogens is 284 g/mol. The Morgan fingerprint density at radius 2 is 1.86 bits per heavy atom. The molecule has 1 amide bonds. The molecule has 0 saturated heterocycles. The Morgan fingerprint density at radius 1 is 1.09 bits per heavy atom. The van der Waals surface area contributed by atoms with Crippen LogP contribution in [0.25, 0.3) is 0 Å². The Balaban J connectivity index is 1.81. The first-order valence-electron chi connectivity index (χ1n) is 6.72. The number of ether oxygens (including phenoxy) is 2. The maximum Gasteiger partial charge on any atom is 0.248 e. The van der Waals surface area contributed by atoms with Gasteiger partial charge < -0.3 is 15.2 Å². The molecule has 2 aromatic rings. The zero-order valence-corrected chi connectivity index (χ0v) is 11.9. The molecule has 6 nitrogen and oxygen atoms in total. The highest BCUT2D eigenvalue weighted by atomic mass is 16.5. The van der Waals surface area contributed by atoms with Gasteiger partial charge in [-0.15, -0.1) is 4.91 Å². The van der Waals surface area contributed by atoms with E-state index in [4.69, 9.17) is 15.2 Å². The van der Waals surface area contributed by atoms with Gasteiger partial charge in [0, 0.05) is 5.56 Å². The van der Waals surface area contributed by atoms with Crippen molar-refractivity contribution < 1.29 is 14.3 Å². The van der Waals surface area contributed by atoms with E-state index in [-0.39, 0.29) is 17.9 Å². The minimum atomic E-state index is -0.623. The molecule has 2 N–H and O–H groups in total. The van der Waals surface area contributed by atoms with Gasteiger partial charge in [0.25, 0.3) is 0 Å². The fourth-order valence-electron chi connectivity index (χ4n) is 1.84. The summed E-state index contributed by atoms with van der Waals surface area (Å²) >= 11 is 0. The summed E-state index contributed by atoms with van der Waals surface area (Å²) in [4.78, 5) is 21.8. The molecule has 6 heteroatoms. The Labute approximate surface area is 127 Å². The Bertz CT molecular complexity index is 644.